The van der Waals surface area contributed by atoms with Crippen LogP contribution in [0, 0.1) is 17.0 Å². The first-order valence-corrected chi connectivity index (χ1v) is 3.69. The highest BCUT2D eigenvalue weighted by Crippen LogP contribution is 2.15. The summed E-state index contributed by atoms with van der Waals surface area (Å²) in [4.78, 5) is 10.00. The molecule has 4 heteroatoms. The van der Waals surface area contributed by atoms with E-state index in [1.807, 2.05) is 6.07 Å². The lowest BCUT2D eigenvalue weighted by molar-refractivity contribution is -0.385. The zero-order valence-electron chi connectivity index (χ0n) is 6.07. The predicted molar refractivity (Wildman–Crippen MR) is 47.2 cm³/mol. The summed E-state index contributed by atoms with van der Waals surface area (Å²) in [5.74, 6) is 0. The Kier molecular flexibility index (Phi) is 2.20. The molecule has 0 radical (unpaired) electrons. The van der Waals surface area contributed by atoms with E-state index in [1.165, 1.54) is 0 Å². The van der Waals surface area contributed by atoms with E-state index < -0.39 is 0 Å². The zero-order chi connectivity index (χ0) is 8.43. The second-order valence-electron chi connectivity index (χ2n) is 2.30. The molecule has 0 saturated heterocycles. The predicted octanol–water partition coefficient (Wildman–Crippen LogP) is 1.40. The van der Waals surface area contributed by atoms with E-state index in [2.05, 4.69) is 9.24 Å². The smallest absolute Gasteiger partial charge is 0.258 e. The first-order valence-electron chi connectivity index (χ1n) is 3.12. The van der Waals surface area contributed by atoms with Gasteiger partial charge >= 0.3 is 0 Å². The van der Waals surface area contributed by atoms with Crippen molar-refractivity contribution >= 4 is 20.2 Å². The van der Waals surface area contributed by atoms with Crippen LogP contribution in [-0.2, 0) is 0 Å². The number of nitrogens with zero attached hydrogens (tertiary/aromatic N) is 1. The third-order valence-corrected chi connectivity index (χ3v) is 1.79. The highest BCUT2D eigenvalue weighted by Gasteiger charge is 2.08. The first-order chi connectivity index (χ1) is 5.11. The van der Waals surface area contributed by atoms with Gasteiger partial charge in [-0.05, 0) is 12.2 Å². The van der Waals surface area contributed by atoms with Crippen molar-refractivity contribution in [1.29, 1.82) is 0 Å². The van der Waals surface area contributed by atoms with Gasteiger partial charge < -0.3 is 0 Å². The fourth-order valence-electron chi connectivity index (χ4n) is 0.823. The van der Waals surface area contributed by atoms with E-state index >= 15 is 0 Å². The van der Waals surface area contributed by atoms with Gasteiger partial charge in [0.1, 0.15) is 0 Å². The SMILES string of the molecule is Cc1ccc(P)cc1[N+](=O)[O-]. The van der Waals surface area contributed by atoms with E-state index in [1.54, 1.807) is 19.1 Å². The van der Waals surface area contributed by atoms with Crippen LogP contribution in [-0.4, -0.2) is 4.92 Å². The minimum Gasteiger partial charge on any atom is -0.258 e. The van der Waals surface area contributed by atoms with Crippen LogP contribution in [0.15, 0.2) is 18.2 Å². The summed E-state index contributed by atoms with van der Waals surface area (Å²) in [5.41, 5.74) is 0.874. The summed E-state index contributed by atoms with van der Waals surface area (Å²) >= 11 is 0. The lowest BCUT2D eigenvalue weighted by Crippen LogP contribution is -1.97. The molecule has 11 heavy (non-hydrogen) atoms. The molecule has 0 heterocycles. The lowest BCUT2D eigenvalue weighted by Gasteiger charge is -1.96. The van der Waals surface area contributed by atoms with Crippen LogP contribution >= 0.6 is 9.24 Å². The van der Waals surface area contributed by atoms with Gasteiger partial charge in [0.05, 0.1) is 4.92 Å². The minimum atomic E-state index is -0.372. The Labute approximate surface area is 66.8 Å². The second kappa shape index (κ2) is 2.97. The Morgan fingerprint density at radius 1 is 1.55 bits per heavy atom. The Balaban J connectivity index is 3.23. The van der Waals surface area contributed by atoms with Gasteiger partial charge in [0, 0.05) is 11.6 Å². The second-order valence-corrected chi connectivity index (χ2v) is 2.97. The van der Waals surface area contributed by atoms with E-state index in [9.17, 15) is 10.1 Å². The molecule has 1 rings (SSSR count). The molecular weight excluding hydrogens is 161 g/mol. The van der Waals surface area contributed by atoms with Crippen LogP contribution in [0.3, 0.4) is 0 Å². The summed E-state index contributed by atoms with van der Waals surface area (Å²) in [6, 6.07) is 5.10. The molecule has 0 amide bonds. The molecule has 0 aliphatic carbocycles. The summed E-state index contributed by atoms with van der Waals surface area (Å²) < 4.78 is 0. The van der Waals surface area contributed by atoms with Gasteiger partial charge in [-0.25, -0.2) is 0 Å². The summed E-state index contributed by atoms with van der Waals surface area (Å²) in [6.07, 6.45) is 0. The van der Waals surface area contributed by atoms with Crippen LogP contribution in [0.1, 0.15) is 5.56 Å². The Morgan fingerprint density at radius 3 is 2.64 bits per heavy atom. The average molecular weight is 169 g/mol. The Hall–Kier alpha value is -0.950. The van der Waals surface area contributed by atoms with E-state index in [4.69, 9.17) is 0 Å². The molecule has 58 valence electrons. The molecule has 3 nitrogen and oxygen atoms in total. The molecule has 0 bridgehead atoms. The lowest BCUT2D eigenvalue weighted by atomic mass is 10.2. The zero-order valence-corrected chi connectivity index (χ0v) is 7.23. The van der Waals surface area contributed by atoms with Crippen molar-refractivity contribution in [3.05, 3.63) is 33.9 Å². The Morgan fingerprint density at radius 2 is 2.18 bits per heavy atom. The molecule has 0 aliphatic heterocycles. The average Bonchev–Trinajstić information content (AvgIpc) is 1.94. The monoisotopic (exact) mass is 169 g/mol. The molecule has 0 aliphatic rings. The van der Waals surface area contributed by atoms with Gasteiger partial charge in [-0.2, -0.15) is 0 Å². The quantitative estimate of drug-likeness (QED) is 0.362. The topological polar surface area (TPSA) is 43.1 Å². The van der Waals surface area contributed by atoms with Gasteiger partial charge in [0.15, 0.2) is 0 Å². The number of benzene rings is 1. The molecule has 1 aromatic carbocycles. The van der Waals surface area contributed by atoms with Gasteiger partial charge in [-0.1, -0.05) is 12.1 Å². The largest absolute Gasteiger partial charge is 0.272 e. The van der Waals surface area contributed by atoms with Crippen LogP contribution in [0.25, 0.3) is 0 Å². The minimum absolute atomic E-state index is 0.178. The van der Waals surface area contributed by atoms with Gasteiger partial charge in [0.25, 0.3) is 5.69 Å². The van der Waals surface area contributed by atoms with E-state index in [0.29, 0.717) is 5.56 Å². The first kappa shape index (κ1) is 8.15. The van der Waals surface area contributed by atoms with Crippen molar-refractivity contribution in [2.45, 2.75) is 6.92 Å². The molecule has 0 saturated carbocycles. The number of hydrogen-bond acceptors (Lipinski definition) is 2. The maximum Gasteiger partial charge on any atom is 0.272 e. The normalized spacial score (nSPS) is 9.64. The number of rotatable bonds is 1. The summed E-state index contributed by atoms with van der Waals surface area (Å²) in [6.45, 7) is 1.72. The van der Waals surface area contributed by atoms with Crippen LogP contribution in [0.4, 0.5) is 5.69 Å². The highest BCUT2D eigenvalue weighted by atomic mass is 31.0. The van der Waals surface area contributed by atoms with Crippen molar-refractivity contribution in [3.63, 3.8) is 0 Å². The number of aryl methyl sites for hydroxylation is 1. The van der Waals surface area contributed by atoms with E-state index in [0.717, 1.165) is 5.30 Å². The number of hydrogen-bond donors (Lipinski definition) is 0. The van der Waals surface area contributed by atoms with Crippen molar-refractivity contribution in [2.24, 2.45) is 0 Å². The van der Waals surface area contributed by atoms with Crippen LogP contribution in [0.5, 0.6) is 0 Å². The fraction of sp³-hybridized carbons (Fsp3) is 0.143. The van der Waals surface area contributed by atoms with Crippen LogP contribution in [0.2, 0.25) is 0 Å². The summed E-state index contributed by atoms with van der Waals surface area (Å²) in [7, 11) is 2.43. The highest BCUT2D eigenvalue weighted by molar-refractivity contribution is 7.27. The molecule has 1 atom stereocenters. The van der Waals surface area contributed by atoms with Crippen molar-refractivity contribution in [1.82, 2.24) is 0 Å². The molecule has 0 spiro atoms. The molecular formula is C7H8NO2P. The van der Waals surface area contributed by atoms with Gasteiger partial charge in [-0.15, -0.1) is 9.24 Å². The van der Waals surface area contributed by atoms with Crippen LogP contribution < -0.4 is 5.30 Å². The molecule has 1 aromatic rings. The van der Waals surface area contributed by atoms with Crippen molar-refractivity contribution in [3.8, 4) is 0 Å². The molecule has 1 unspecified atom stereocenters. The van der Waals surface area contributed by atoms with Gasteiger partial charge in [-0.3, -0.25) is 10.1 Å². The maximum atomic E-state index is 10.4. The van der Waals surface area contributed by atoms with Crippen molar-refractivity contribution in [2.75, 3.05) is 0 Å². The number of nitro groups is 1. The third kappa shape index (κ3) is 1.75. The molecule has 0 N–H and O–H groups in total. The van der Waals surface area contributed by atoms with Gasteiger partial charge in [0.2, 0.25) is 0 Å². The molecule has 0 aromatic heterocycles. The number of nitro benzene ring substituents is 1. The fourth-order valence-corrected chi connectivity index (χ4v) is 1.08. The third-order valence-electron chi connectivity index (χ3n) is 1.43. The van der Waals surface area contributed by atoms with Crippen molar-refractivity contribution < 1.29 is 4.92 Å². The van der Waals surface area contributed by atoms with E-state index in [-0.39, 0.29) is 10.6 Å². The summed E-state index contributed by atoms with van der Waals surface area (Å²) in [5, 5.41) is 11.2. The maximum absolute atomic E-state index is 10.4. The molecule has 0 fully saturated rings. The Bertz CT molecular complexity index is 298. The standard InChI is InChI=1S/C7H8NO2P/c1-5-2-3-6(11)4-7(5)8(9)10/h2-4H,11H2,1H3.